The molecule has 424 valence electrons. The molecule has 0 bridgehead atoms. The lowest BCUT2D eigenvalue weighted by molar-refractivity contribution is -0.870. The van der Waals surface area contributed by atoms with E-state index in [-0.39, 0.29) is 31.3 Å². The molecule has 9 nitrogen and oxygen atoms in total. The van der Waals surface area contributed by atoms with E-state index in [9.17, 15) is 19.0 Å². The standard InChI is InChI=1S/C64H111N2O7P/c1-7-10-13-16-19-22-25-28-30-32-33-34-36-39-42-45-48-51-54-57-64(68)73-62(55-52-49-46-43-40-37-27-24-21-18-15-12-9-3)61(60-72-74(69,70)71-59-58-66(4,5)6)65-63(67)56-53-50-47-44-41-38-35-31-29-26-23-20-17-14-11-8-2/h11,14,19-20,22-23,28-31,33-34,38-39,41-42,52,55,61-62H,7-10,12-13,15-18,21,24-27,32,35-37,40,43-51,53-54,56-60H2,1-6H3,(H-,65,67,69,70)/b14-11+,22-19-,23-20+,30-28-,31-29+,34-33-,41-38+,42-39-,55-52+. The molecule has 0 aliphatic carbocycles. The molecule has 0 saturated carbocycles. The summed E-state index contributed by atoms with van der Waals surface area (Å²) in [5.74, 6) is -0.621. The highest BCUT2D eigenvalue weighted by Gasteiger charge is 2.27. The van der Waals surface area contributed by atoms with E-state index >= 15 is 0 Å². The highest BCUT2D eigenvalue weighted by atomic mass is 31.2. The Kier molecular flexibility index (Phi) is 50.7. The van der Waals surface area contributed by atoms with Crippen molar-refractivity contribution >= 4 is 19.7 Å². The van der Waals surface area contributed by atoms with Gasteiger partial charge < -0.3 is 28.5 Å². The molecule has 0 rings (SSSR count). The minimum absolute atomic E-state index is 0.0398. The molecule has 0 saturated heterocycles. The van der Waals surface area contributed by atoms with Crippen LogP contribution < -0.4 is 10.2 Å². The maximum Gasteiger partial charge on any atom is 0.306 e. The van der Waals surface area contributed by atoms with E-state index in [1.165, 1.54) is 83.5 Å². The second-order valence-electron chi connectivity index (χ2n) is 20.8. The number of nitrogens with one attached hydrogen (secondary N) is 1. The van der Waals surface area contributed by atoms with Crippen molar-refractivity contribution < 1.29 is 37.3 Å². The summed E-state index contributed by atoms with van der Waals surface area (Å²) in [6, 6.07) is -0.925. The number of rotatable bonds is 52. The van der Waals surface area contributed by atoms with Gasteiger partial charge in [-0.2, -0.15) is 0 Å². The predicted octanol–water partition coefficient (Wildman–Crippen LogP) is 17.5. The number of likely N-dealkylation sites (N-methyl/N-ethyl adjacent to an activating group) is 1. The van der Waals surface area contributed by atoms with E-state index in [1.807, 2.05) is 33.3 Å². The third kappa shape index (κ3) is 53.5. The van der Waals surface area contributed by atoms with Gasteiger partial charge in [0.05, 0.1) is 33.8 Å². The number of carbonyl (C=O) groups excluding carboxylic acids is 2. The molecule has 0 aromatic heterocycles. The fourth-order valence-corrected chi connectivity index (χ4v) is 8.57. The zero-order chi connectivity index (χ0) is 54.3. The lowest BCUT2D eigenvalue weighted by Gasteiger charge is -2.30. The summed E-state index contributed by atoms with van der Waals surface area (Å²) in [5.41, 5.74) is 0. The van der Waals surface area contributed by atoms with E-state index < -0.39 is 26.6 Å². The molecule has 0 heterocycles. The van der Waals surface area contributed by atoms with Crippen molar-refractivity contribution in [3.8, 4) is 0 Å². The van der Waals surface area contributed by atoms with E-state index in [0.29, 0.717) is 23.9 Å². The van der Waals surface area contributed by atoms with E-state index in [2.05, 4.69) is 123 Å². The fourth-order valence-electron chi connectivity index (χ4n) is 7.85. The predicted molar refractivity (Wildman–Crippen MR) is 316 cm³/mol. The zero-order valence-corrected chi connectivity index (χ0v) is 49.1. The molecule has 0 aliphatic heterocycles. The van der Waals surface area contributed by atoms with Crippen LogP contribution in [0.3, 0.4) is 0 Å². The van der Waals surface area contributed by atoms with Gasteiger partial charge >= 0.3 is 5.97 Å². The van der Waals surface area contributed by atoms with Gasteiger partial charge in [0.1, 0.15) is 19.3 Å². The van der Waals surface area contributed by atoms with E-state index in [4.69, 9.17) is 13.8 Å². The minimum Gasteiger partial charge on any atom is -0.756 e. The average Bonchev–Trinajstić information content (AvgIpc) is 3.36. The van der Waals surface area contributed by atoms with Gasteiger partial charge in [-0.15, -0.1) is 0 Å². The SMILES string of the molecule is CC/C=C/C/C=C/C/C=C/C/C=C/CCCCCC(=O)NC(COP(=O)([O-])OCC[N+](C)(C)C)C(/C=C/CCCCCCCCCCCCC)OC(=O)CCCCC/C=C\C/C=C\C/C=C\C/C=C\CCCCC. The molecule has 1 N–H and O–H groups in total. The van der Waals surface area contributed by atoms with Crippen LogP contribution in [-0.2, 0) is 27.9 Å². The minimum atomic E-state index is -4.72. The van der Waals surface area contributed by atoms with Crippen LogP contribution in [0.15, 0.2) is 109 Å². The first kappa shape index (κ1) is 70.7. The number of phosphoric acid groups is 1. The Morgan fingerprint density at radius 1 is 0.486 bits per heavy atom. The Morgan fingerprint density at radius 3 is 1.32 bits per heavy atom. The van der Waals surface area contributed by atoms with Gasteiger partial charge in [0.25, 0.3) is 7.82 Å². The molecule has 1 amide bonds. The summed E-state index contributed by atoms with van der Waals surface area (Å²) in [4.78, 5) is 39.9. The van der Waals surface area contributed by atoms with Crippen LogP contribution in [0.2, 0.25) is 0 Å². The van der Waals surface area contributed by atoms with Crippen LogP contribution in [0, 0.1) is 0 Å². The van der Waals surface area contributed by atoms with Crippen molar-refractivity contribution in [2.24, 2.45) is 0 Å². The van der Waals surface area contributed by atoms with Gasteiger partial charge in [-0.1, -0.05) is 214 Å². The highest BCUT2D eigenvalue weighted by molar-refractivity contribution is 7.45. The normalized spacial score (nSPS) is 14.5. The summed E-state index contributed by atoms with van der Waals surface area (Å²) < 4.78 is 30.2. The van der Waals surface area contributed by atoms with Crippen molar-refractivity contribution in [3.63, 3.8) is 0 Å². The molecule has 0 aliphatic rings. The maximum atomic E-state index is 13.5. The third-order valence-electron chi connectivity index (χ3n) is 12.4. The molecular formula is C64H111N2O7P. The van der Waals surface area contributed by atoms with Crippen LogP contribution >= 0.6 is 7.82 Å². The van der Waals surface area contributed by atoms with Crippen molar-refractivity contribution in [2.45, 2.75) is 245 Å². The quantitative estimate of drug-likeness (QED) is 0.0212. The molecule has 3 atom stereocenters. The van der Waals surface area contributed by atoms with Gasteiger partial charge in [0.2, 0.25) is 5.91 Å². The molecule has 0 aromatic carbocycles. The smallest absolute Gasteiger partial charge is 0.306 e. The number of carbonyl (C=O) groups is 2. The monoisotopic (exact) mass is 1050 g/mol. The molecule has 3 unspecified atom stereocenters. The number of unbranched alkanes of at least 4 members (excludes halogenated alkanes) is 20. The molecule has 74 heavy (non-hydrogen) atoms. The Labute approximate surface area is 455 Å². The van der Waals surface area contributed by atoms with E-state index in [1.54, 1.807) is 0 Å². The summed E-state index contributed by atoms with van der Waals surface area (Å²) >= 11 is 0. The van der Waals surface area contributed by atoms with Crippen molar-refractivity contribution in [3.05, 3.63) is 109 Å². The van der Waals surface area contributed by atoms with E-state index in [0.717, 1.165) is 103 Å². The molecule has 0 fully saturated rings. The van der Waals surface area contributed by atoms with Gasteiger partial charge in [-0.05, 0) is 115 Å². The van der Waals surface area contributed by atoms with Crippen molar-refractivity contribution in [2.75, 3.05) is 40.9 Å². The van der Waals surface area contributed by atoms with Crippen LogP contribution in [-0.4, -0.2) is 69.4 Å². The fraction of sp³-hybridized carbons (Fsp3) is 0.688. The number of ether oxygens (including phenoxy) is 1. The highest BCUT2D eigenvalue weighted by Crippen LogP contribution is 2.38. The number of quaternary nitrogens is 1. The molecule has 10 heteroatoms. The Balaban J connectivity index is 5.47. The van der Waals surface area contributed by atoms with Gasteiger partial charge in [-0.25, -0.2) is 0 Å². The van der Waals surface area contributed by atoms with Gasteiger partial charge in [-0.3, -0.25) is 14.2 Å². The average molecular weight is 1050 g/mol. The summed E-state index contributed by atoms with van der Waals surface area (Å²) in [7, 11) is 1.13. The molecular weight excluding hydrogens is 940 g/mol. The topological polar surface area (TPSA) is 114 Å². The number of phosphoric ester groups is 1. The lowest BCUT2D eigenvalue weighted by Crippen LogP contribution is -2.47. The van der Waals surface area contributed by atoms with Crippen molar-refractivity contribution in [1.29, 1.82) is 0 Å². The largest absolute Gasteiger partial charge is 0.756 e. The molecule has 0 spiro atoms. The number of amides is 1. The number of allylic oxidation sites excluding steroid dienone is 17. The summed E-state index contributed by atoms with van der Waals surface area (Å²) in [5, 5.41) is 2.99. The lowest BCUT2D eigenvalue weighted by atomic mass is 10.0. The zero-order valence-electron chi connectivity index (χ0n) is 48.3. The van der Waals surface area contributed by atoms with Crippen LogP contribution in [0.25, 0.3) is 0 Å². The number of esters is 1. The Bertz CT molecular complexity index is 1640. The number of hydrogen-bond acceptors (Lipinski definition) is 7. The maximum absolute atomic E-state index is 13.5. The summed E-state index contributed by atoms with van der Waals surface area (Å²) in [6.45, 7) is 6.64. The second-order valence-corrected chi connectivity index (χ2v) is 22.2. The van der Waals surface area contributed by atoms with Crippen LogP contribution in [0.4, 0.5) is 0 Å². The number of hydrogen-bond donors (Lipinski definition) is 1. The van der Waals surface area contributed by atoms with Crippen molar-refractivity contribution in [1.82, 2.24) is 5.32 Å². The molecule has 0 aromatic rings. The first-order chi connectivity index (χ1) is 35.9. The van der Waals surface area contributed by atoms with Crippen LogP contribution in [0.5, 0.6) is 0 Å². The van der Waals surface area contributed by atoms with Gasteiger partial charge in [0, 0.05) is 12.8 Å². The summed E-state index contributed by atoms with van der Waals surface area (Å²) in [6.07, 6.45) is 72.0. The van der Waals surface area contributed by atoms with Gasteiger partial charge in [0.15, 0.2) is 0 Å². The molecule has 0 radical (unpaired) electrons. The Morgan fingerprint density at radius 2 is 0.865 bits per heavy atom. The first-order valence-corrected chi connectivity index (χ1v) is 31.2. The second kappa shape index (κ2) is 53.1. The van der Waals surface area contributed by atoms with Crippen LogP contribution in [0.1, 0.15) is 233 Å². The number of nitrogens with zero attached hydrogens (tertiary/aromatic N) is 1. The Hall–Kier alpha value is -3.33. The first-order valence-electron chi connectivity index (χ1n) is 29.7. The third-order valence-corrected chi connectivity index (χ3v) is 13.4.